The van der Waals surface area contributed by atoms with E-state index in [1.807, 2.05) is 0 Å². The van der Waals surface area contributed by atoms with Crippen LogP contribution in [0.4, 0.5) is 0 Å². The van der Waals surface area contributed by atoms with E-state index in [4.69, 9.17) is 48.6 Å². The summed E-state index contributed by atoms with van der Waals surface area (Å²) in [5, 5.41) is 4.42. The van der Waals surface area contributed by atoms with E-state index in [-0.39, 0.29) is 15.7 Å². The van der Waals surface area contributed by atoms with Gasteiger partial charge in [0.15, 0.2) is 5.71 Å². The predicted octanol–water partition coefficient (Wildman–Crippen LogP) is 2.83. The molecule has 1 amide bonds. The number of hydrogen-bond acceptors (Lipinski definition) is 6. The van der Waals surface area contributed by atoms with Gasteiger partial charge in [-0.25, -0.2) is 8.42 Å². The maximum atomic E-state index is 12.4. The van der Waals surface area contributed by atoms with Crippen LogP contribution in [0.5, 0.6) is 0 Å². The fourth-order valence-electron chi connectivity index (χ4n) is 1.97. The van der Waals surface area contributed by atoms with Crippen LogP contribution in [0.1, 0.15) is 5.56 Å². The van der Waals surface area contributed by atoms with Gasteiger partial charge in [0, 0.05) is 15.1 Å². The third-order valence-electron chi connectivity index (χ3n) is 3.42. The molecule has 2 rings (SSSR count). The molecule has 144 valence electrons. The van der Waals surface area contributed by atoms with Crippen molar-refractivity contribution in [2.45, 2.75) is 11.4 Å². The third-order valence-corrected chi connectivity index (χ3v) is 5.81. The summed E-state index contributed by atoms with van der Waals surface area (Å²) in [6, 6.07) is 9.94. The van der Waals surface area contributed by atoms with E-state index in [9.17, 15) is 13.2 Å². The second-order valence-electron chi connectivity index (χ2n) is 5.28. The Morgan fingerprint density at radius 1 is 1.11 bits per heavy atom. The Labute approximate surface area is 178 Å². The summed E-state index contributed by atoms with van der Waals surface area (Å²) in [5.41, 5.74) is 0.162. The average molecular weight is 458 g/mol. The first-order valence-corrected chi connectivity index (χ1v) is 10.1. The zero-order valence-corrected chi connectivity index (χ0v) is 17.2. The highest BCUT2D eigenvalue weighted by atomic mass is 35.5. The maximum Gasteiger partial charge on any atom is 0.276 e. The lowest BCUT2D eigenvalue weighted by molar-refractivity contribution is -0.116. The van der Waals surface area contributed by atoms with Gasteiger partial charge in [0.25, 0.3) is 23.9 Å². The molecule has 28 heavy (non-hydrogen) atoms. The Morgan fingerprint density at radius 3 is 2.29 bits per heavy atom. The number of amides is 1. The van der Waals surface area contributed by atoms with Gasteiger partial charge in [-0.2, -0.15) is 5.10 Å². The highest BCUT2D eigenvalue weighted by Crippen LogP contribution is 2.21. The molecule has 0 heterocycles. The number of sulfonamides is 1. The lowest BCUT2D eigenvalue weighted by Crippen LogP contribution is -2.40. The molecule has 2 aromatic carbocycles. The number of halogens is 3. The van der Waals surface area contributed by atoms with E-state index >= 15 is 0 Å². The number of benzene rings is 2. The number of rotatable bonds is 6. The minimum absolute atomic E-state index is 0.0310. The molecule has 0 saturated carbocycles. The summed E-state index contributed by atoms with van der Waals surface area (Å²) in [4.78, 5) is 16.1. The molecule has 0 bridgehead atoms. The molecule has 0 aromatic heterocycles. The number of hydrazone groups is 1. The van der Waals surface area contributed by atoms with Crippen molar-refractivity contribution in [2.24, 2.45) is 15.9 Å². The Kier molecular flexibility index (Phi) is 7.48. The second kappa shape index (κ2) is 9.42. The van der Waals surface area contributed by atoms with E-state index in [1.165, 1.54) is 30.3 Å². The van der Waals surface area contributed by atoms with Crippen LogP contribution in [0.25, 0.3) is 0 Å². The van der Waals surface area contributed by atoms with Crippen molar-refractivity contribution in [2.75, 3.05) is 0 Å². The summed E-state index contributed by atoms with van der Waals surface area (Å²) in [6.07, 6.45) is 1.00. The quantitative estimate of drug-likeness (QED) is 0.312. The molecule has 2 aromatic rings. The number of hydrogen-bond donors (Lipinski definition) is 1. The van der Waals surface area contributed by atoms with Gasteiger partial charge in [0.05, 0.1) is 17.7 Å². The Hall–Kier alpha value is -2.07. The largest absolute Gasteiger partial charge is 0.322 e. The molecule has 0 unspecified atom stereocenters. The van der Waals surface area contributed by atoms with Gasteiger partial charge >= 0.3 is 0 Å². The SMILES string of the molecule is [B]N(C(=O)C(C=NCc1ccc(Cl)cc1Cl)=NN)S(=O)(=O)c1ccc(Cl)cc1. The van der Waals surface area contributed by atoms with Crippen molar-refractivity contribution < 1.29 is 13.2 Å². The Balaban J connectivity index is 2.16. The van der Waals surface area contributed by atoms with E-state index in [0.717, 1.165) is 6.21 Å². The van der Waals surface area contributed by atoms with Gasteiger partial charge in [-0.05, 0) is 42.0 Å². The lowest BCUT2D eigenvalue weighted by atomic mass is 10.2. The predicted molar refractivity (Wildman–Crippen MR) is 112 cm³/mol. The molecule has 12 heteroatoms. The first-order chi connectivity index (χ1) is 13.2. The summed E-state index contributed by atoms with van der Waals surface area (Å²) in [5.74, 6) is 4.02. The van der Waals surface area contributed by atoms with Crippen molar-refractivity contribution in [3.63, 3.8) is 0 Å². The minimum atomic E-state index is -4.33. The summed E-state index contributed by atoms with van der Waals surface area (Å²) < 4.78 is 24.9. The van der Waals surface area contributed by atoms with E-state index in [0.29, 0.717) is 20.6 Å². The van der Waals surface area contributed by atoms with Crippen molar-refractivity contribution in [3.8, 4) is 0 Å². The van der Waals surface area contributed by atoms with Crippen molar-refractivity contribution >= 4 is 70.6 Å². The molecule has 2 radical (unpaired) electrons. The number of carbonyl (C=O) groups is 1. The molecule has 0 atom stereocenters. The average Bonchev–Trinajstić information content (AvgIpc) is 2.66. The van der Waals surface area contributed by atoms with Crippen molar-refractivity contribution in [1.29, 1.82) is 0 Å². The first-order valence-electron chi connectivity index (χ1n) is 7.48. The molecular weight excluding hydrogens is 445 g/mol. The first kappa shape index (κ1) is 22.2. The molecule has 7 nitrogen and oxygen atoms in total. The zero-order valence-electron chi connectivity index (χ0n) is 14.1. The molecule has 0 aliphatic heterocycles. The van der Waals surface area contributed by atoms with Crippen LogP contribution in [0, 0.1) is 0 Å². The molecular formula is C16H12BCl3N4O3S. The van der Waals surface area contributed by atoms with Crippen LogP contribution in [-0.2, 0) is 21.4 Å². The fraction of sp³-hybridized carbons (Fsp3) is 0.0625. The molecule has 0 saturated heterocycles. The van der Waals surface area contributed by atoms with Gasteiger partial charge in [-0.1, -0.05) is 40.9 Å². The summed E-state index contributed by atoms with van der Waals surface area (Å²) in [6.45, 7) is 0.0802. The van der Waals surface area contributed by atoms with E-state index < -0.39 is 21.6 Å². The highest BCUT2D eigenvalue weighted by molar-refractivity contribution is 7.90. The standard InChI is InChI=1S/C16H12BCl3N4O3S/c17-24(28(26,27)13-5-3-11(18)4-6-13)16(25)15(23-21)9-22-8-10-1-2-12(19)7-14(10)20/h1-7,9H,8,21H2. The van der Waals surface area contributed by atoms with Crippen LogP contribution < -0.4 is 5.84 Å². The fourth-order valence-corrected chi connectivity index (χ4v) is 3.58. The molecule has 0 fully saturated rings. The monoisotopic (exact) mass is 456 g/mol. The van der Waals surface area contributed by atoms with Crippen molar-refractivity contribution in [1.82, 2.24) is 4.22 Å². The topological polar surface area (TPSA) is 105 Å². The van der Waals surface area contributed by atoms with Gasteiger partial charge in [0.2, 0.25) is 0 Å². The molecule has 0 aliphatic rings. The van der Waals surface area contributed by atoms with Gasteiger partial charge in [-0.15, -0.1) is 0 Å². The molecule has 0 spiro atoms. The minimum Gasteiger partial charge on any atom is -0.322 e. The van der Waals surface area contributed by atoms with Crippen LogP contribution >= 0.6 is 34.8 Å². The van der Waals surface area contributed by atoms with Gasteiger partial charge in [0.1, 0.15) is 0 Å². The van der Waals surface area contributed by atoms with Crippen LogP contribution in [0.2, 0.25) is 15.1 Å². The molecule has 0 aliphatic carbocycles. The summed E-state index contributed by atoms with van der Waals surface area (Å²) in [7, 11) is 1.16. The Bertz CT molecular complexity index is 1040. The van der Waals surface area contributed by atoms with E-state index in [2.05, 4.69) is 10.1 Å². The normalized spacial score (nSPS) is 12.3. The van der Waals surface area contributed by atoms with Crippen molar-refractivity contribution in [3.05, 3.63) is 63.1 Å². The lowest BCUT2D eigenvalue weighted by Gasteiger charge is -2.18. The number of nitrogens with two attached hydrogens (primary N) is 1. The number of nitrogens with zero attached hydrogens (tertiary/aromatic N) is 3. The van der Waals surface area contributed by atoms with Crippen LogP contribution in [0.15, 0.2) is 57.5 Å². The smallest absolute Gasteiger partial charge is 0.276 e. The maximum absolute atomic E-state index is 12.4. The Morgan fingerprint density at radius 2 is 1.71 bits per heavy atom. The van der Waals surface area contributed by atoms with E-state index in [1.54, 1.807) is 12.1 Å². The number of aliphatic imine (C=N–C) groups is 1. The van der Waals surface area contributed by atoms with Gasteiger partial charge < -0.3 is 5.84 Å². The second-order valence-corrected chi connectivity index (χ2v) is 8.37. The molecule has 2 N–H and O–H groups in total. The zero-order chi connectivity index (χ0) is 20.9. The highest BCUT2D eigenvalue weighted by Gasteiger charge is 2.27. The third kappa shape index (κ3) is 5.26. The van der Waals surface area contributed by atoms with Crippen LogP contribution in [-0.4, -0.2) is 38.4 Å². The van der Waals surface area contributed by atoms with Gasteiger partial charge in [-0.3, -0.25) is 14.0 Å². The summed E-state index contributed by atoms with van der Waals surface area (Å²) >= 11 is 17.6. The number of carbonyl (C=O) groups excluding carboxylic acids is 1. The van der Waals surface area contributed by atoms with Crippen LogP contribution in [0.3, 0.4) is 0 Å².